The molecule has 41 heavy (non-hydrogen) atoms. The molecule has 3 aliphatic rings. The summed E-state index contributed by atoms with van der Waals surface area (Å²) in [6.07, 6.45) is 0.758. The number of hydrogen-bond donors (Lipinski definition) is 2. The van der Waals surface area contributed by atoms with Crippen LogP contribution in [0.2, 0.25) is 0 Å². The lowest BCUT2D eigenvalue weighted by Gasteiger charge is -2.38. The van der Waals surface area contributed by atoms with Crippen molar-refractivity contribution in [3.05, 3.63) is 28.3 Å². The molecule has 2 unspecified atom stereocenters. The van der Waals surface area contributed by atoms with Gasteiger partial charge in [-0.05, 0) is 45.9 Å². The highest BCUT2D eigenvalue weighted by molar-refractivity contribution is 7.85. The molecule has 3 aliphatic heterocycles. The van der Waals surface area contributed by atoms with Crippen LogP contribution < -0.4 is 34.2 Å². The van der Waals surface area contributed by atoms with Gasteiger partial charge in [-0.15, -0.1) is 0 Å². The van der Waals surface area contributed by atoms with Crippen LogP contribution in [0.25, 0.3) is 0 Å². The Morgan fingerprint density at radius 3 is 2.24 bits per heavy atom. The second kappa shape index (κ2) is 12.1. The average Bonchev–Trinajstić information content (AvgIpc) is 3.50. The Kier molecular flexibility index (Phi) is 8.94. The SMILES string of the molecule is CCOc1c(N)c2c(c(OCC)c1OCC)C(C1c3c(cc4c(c3OC)OCO4)CCN1C)OC2=O.CS(=O)(=O)O. The molecule has 0 bridgehead atoms. The predicted octanol–water partition coefficient (Wildman–Crippen LogP) is 3.15. The van der Waals surface area contributed by atoms with Crippen LogP contribution in [0.5, 0.6) is 34.5 Å². The monoisotopic (exact) mass is 596 g/mol. The molecule has 2 aromatic rings. The number of nitrogen functional groups attached to an aromatic ring is 1. The molecule has 0 fully saturated rings. The average molecular weight is 597 g/mol. The molecule has 2 atom stereocenters. The number of methoxy groups -OCH3 is 1. The summed E-state index contributed by atoms with van der Waals surface area (Å²) in [5.41, 5.74) is 9.43. The van der Waals surface area contributed by atoms with Gasteiger partial charge in [-0.25, -0.2) is 4.79 Å². The Balaban J connectivity index is 0.000000714. The Labute approximate surface area is 239 Å². The molecule has 0 aliphatic carbocycles. The fraction of sp³-hybridized carbons (Fsp3) is 0.519. The van der Waals surface area contributed by atoms with Crippen molar-refractivity contribution in [3.8, 4) is 34.5 Å². The third kappa shape index (κ3) is 5.76. The van der Waals surface area contributed by atoms with Gasteiger partial charge in [0.25, 0.3) is 10.1 Å². The number of carbonyl (C=O) groups is 1. The van der Waals surface area contributed by atoms with Crippen LogP contribution in [0.15, 0.2) is 6.07 Å². The van der Waals surface area contributed by atoms with Gasteiger partial charge in [0.2, 0.25) is 18.3 Å². The minimum Gasteiger partial charge on any atom is -0.492 e. The van der Waals surface area contributed by atoms with Crippen molar-refractivity contribution >= 4 is 21.8 Å². The van der Waals surface area contributed by atoms with Gasteiger partial charge in [0.1, 0.15) is 0 Å². The molecule has 0 amide bonds. The van der Waals surface area contributed by atoms with E-state index in [2.05, 4.69) is 4.90 Å². The van der Waals surface area contributed by atoms with Gasteiger partial charge in [-0.2, -0.15) is 8.42 Å². The summed E-state index contributed by atoms with van der Waals surface area (Å²) in [4.78, 5) is 15.5. The van der Waals surface area contributed by atoms with Crippen molar-refractivity contribution in [2.75, 3.05) is 59.3 Å². The fourth-order valence-electron chi connectivity index (χ4n) is 5.37. The summed E-state index contributed by atoms with van der Waals surface area (Å²) in [6, 6.07) is 1.59. The Morgan fingerprint density at radius 1 is 1.02 bits per heavy atom. The lowest BCUT2D eigenvalue weighted by Crippen LogP contribution is -2.36. The number of likely N-dealkylation sites (N-methyl/N-ethyl adjacent to an activating group) is 1. The van der Waals surface area contributed by atoms with Crippen LogP contribution in [0.3, 0.4) is 0 Å². The van der Waals surface area contributed by atoms with E-state index in [1.807, 2.05) is 33.9 Å². The zero-order valence-electron chi connectivity index (χ0n) is 23.9. The van der Waals surface area contributed by atoms with Gasteiger partial charge in [0, 0.05) is 12.1 Å². The number of anilines is 1. The van der Waals surface area contributed by atoms with E-state index in [1.54, 1.807) is 7.11 Å². The maximum atomic E-state index is 13.3. The minimum atomic E-state index is -3.67. The summed E-state index contributed by atoms with van der Waals surface area (Å²) in [6.45, 7) is 7.50. The van der Waals surface area contributed by atoms with Crippen LogP contribution in [-0.4, -0.2) is 77.4 Å². The summed E-state index contributed by atoms with van der Waals surface area (Å²) in [7, 11) is -0.0752. The molecule has 13 nitrogen and oxygen atoms in total. The number of nitrogens with zero attached hydrogens (tertiary/aromatic N) is 1. The van der Waals surface area contributed by atoms with E-state index in [4.69, 9.17) is 43.4 Å². The second-order valence-corrected chi connectivity index (χ2v) is 10.9. The lowest BCUT2D eigenvalue weighted by atomic mass is 9.85. The first kappa shape index (κ1) is 30.3. The molecular formula is C27H36N2O11S. The van der Waals surface area contributed by atoms with Crippen LogP contribution >= 0.6 is 0 Å². The highest BCUT2D eigenvalue weighted by atomic mass is 32.2. The Hall–Kier alpha value is -3.62. The number of ether oxygens (including phenoxy) is 7. The van der Waals surface area contributed by atoms with Crippen molar-refractivity contribution < 1.29 is 50.9 Å². The van der Waals surface area contributed by atoms with Crippen molar-refractivity contribution in [1.82, 2.24) is 4.90 Å². The molecule has 226 valence electrons. The van der Waals surface area contributed by atoms with E-state index in [9.17, 15) is 13.2 Å². The van der Waals surface area contributed by atoms with Crippen molar-refractivity contribution in [3.63, 3.8) is 0 Å². The molecular weight excluding hydrogens is 560 g/mol. The quantitative estimate of drug-likeness (QED) is 0.260. The van der Waals surface area contributed by atoms with Crippen LogP contribution in [0.1, 0.15) is 60.0 Å². The van der Waals surface area contributed by atoms with Crippen LogP contribution in [-0.2, 0) is 21.3 Å². The molecule has 0 spiro atoms. The summed E-state index contributed by atoms with van der Waals surface area (Å²) >= 11 is 0. The number of esters is 1. The fourth-order valence-corrected chi connectivity index (χ4v) is 5.37. The highest BCUT2D eigenvalue weighted by Gasteiger charge is 2.49. The van der Waals surface area contributed by atoms with Gasteiger partial charge < -0.3 is 38.9 Å². The van der Waals surface area contributed by atoms with Gasteiger partial charge in [-0.3, -0.25) is 9.45 Å². The smallest absolute Gasteiger partial charge is 0.341 e. The molecule has 0 aromatic heterocycles. The zero-order valence-corrected chi connectivity index (χ0v) is 24.8. The molecule has 5 rings (SSSR count). The van der Waals surface area contributed by atoms with E-state index in [-0.39, 0.29) is 23.8 Å². The minimum absolute atomic E-state index is 0.124. The third-order valence-electron chi connectivity index (χ3n) is 6.77. The summed E-state index contributed by atoms with van der Waals surface area (Å²) < 4.78 is 67.1. The summed E-state index contributed by atoms with van der Waals surface area (Å²) in [5.74, 6) is 2.31. The zero-order chi connectivity index (χ0) is 30.1. The van der Waals surface area contributed by atoms with Gasteiger partial charge in [-0.1, -0.05) is 0 Å². The predicted molar refractivity (Wildman–Crippen MR) is 148 cm³/mol. The first-order valence-corrected chi connectivity index (χ1v) is 15.0. The van der Waals surface area contributed by atoms with Crippen molar-refractivity contribution in [2.45, 2.75) is 39.3 Å². The number of rotatable bonds is 8. The largest absolute Gasteiger partial charge is 0.492 e. The number of hydrogen-bond acceptors (Lipinski definition) is 12. The maximum Gasteiger partial charge on any atom is 0.341 e. The van der Waals surface area contributed by atoms with E-state index >= 15 is 0 Å². The number of nitrogens with two attached hydrogens (primary N) is 1. The van der Waals surface area contributed by atoms with Crippen molar-refractivity contribution in [1.29, 1.82) is 0 Å². The Morgan fingerprint density at radius 2 is 1.63 bits per heavy atom. The number of fused-ring (bicyclic) bond motifs is 3. The van der Waals surface area contributed by atoms with E-state index in [0.717, 1.165) is 24.1 Å². The van der Waals surface area contributed by atoms with Crippen LogP contribution in [0, 0.1) is 0 Å². The maximum absolute atomic E-state index is 13.3. The van der Waals surface area contributed by atoms with Gasteiger partial charge >= 0.3 is 5.97 Å². The first-order valence-electron chi connectivity index (χ1n) is 13.2. The van der Waals surface area contributed by atoms with Crippen LogP contribution in [0.4, 0.5) is 5.69 Å². The van der Waals surface area contributed by atoms with Gasteiger partial charge in [0.15, 0.2) is 29.1 Å². The molecule has 3 heterocycles. The molecule has 0 radical (unpaired) electrons. The molecule has 0 saturated heterocycles. The van der Waals surface area contributed by atoms with E-state index < -0.39 is 28.2 Å². The summed E-state index contributed by atoms with van der Waals surface area (Å²) in [5, 5.41) is 0. The number of benzene rings is 2. The molecule has 0 saturated carbocycles. The van der Waals surface area contributed by atoms with E-state index in [0.29, 0.717) is 60.4 Å². The molecule has 2 aromatic carbocycles. The normalized spacial score (nSPS) is 19.0. The number of carbonyl (C=O) groups excluding carboxylic acids is 1. The van der Waals surface area contributed by atoms with Crippen molar-refractivity contribution in [2.24, 2.45) is 0 Å². The topological polar surface area (TPSA) is 165 Å². The number of cyclic esters (lactones) is 1. The first-order chi connectivity index (χ1) is 19.5. The highest BCUT2D eigenvalue weighted by Crippen LogP contribution is 2.59. The molecule has 14 heteroatoms. The third-order valence-corrected chi connectivity index (χ3v) is 6.77. The van der Waals surface area contributed by atoms with E-state index in [1.165, 1.54) is 0 Å². The Bertz CT molecular complexity index is 1420. The molecule has 3 N–H and O–H groups in total. The second-order valence-electron chi connectivity index (χ2n) is 9.44. The lowest BCUT2D eigenvalue weighted by molar-refractivity contribution is 0.00816. The van der Waals surface area contributed by atoms with Gasteiger partial charge in [0.05, 0.1) is 56.0 Å². The standard InChI is InChI=1S/C26H32N2O8.CH4O3S/c1-6-31-23-17-16(18(27)24(32-7-2)25(23)33-8-3)26(29)36-21(17)19-15-13(9-10-28(19)4)11-14-20(22(15)30-5)35-12-34-14;1-5(2,3)4/h11,19,21H,6-10,12,27H2,1-5H3;1H3,(H,2,3,4).